The molecule has 4 aromatic rings. The molecule has 0 aromatic heterocycles. The van der Waals surface area contributed by atoms with Crippen LogP contribution in [0.2, 0.25) is 19.6 Å². The minimum absolute atomic E-state index is 0.00582. The fourth-order valence-corrected chi connectivity index (χ4v) is 9.85. The lowest BCUT2D eigenvalue weighted by Gasteiger charge is -2.46. The third kappa shape index (κ3) is 9.48. The third-order valence-corrected chi connectivity index (χ3v) is 12.3. The number of benzene rings is 4. The number of rotatable bonds is 14. The van der Waals surface area contributed by atoms with Crippen LogP contribution in [0.1, 0.15) is 29.7 Å². The Bertz CT molecular complexity index is 1950. The first-order valence-corrected chi connectivity index (χ1v) is 22.5. The van der Waals surface area contributed by atoms with Crippen molar-refractivity contribution in [2.45, 2.75) is 55.9 Å². The van der Waals surface area contributed by atoms with Gasteiger partial charge in [-0.3, -0.25) is 14.5 Å². The van der Waals surface area contributed by atoms with E-state index in [1.807, 2.05) is 87.2 Å². The number of β-lactam (4-membered cyclic amide) rings is 1. The van der Waals surface area contributed by atoms with Crippen molar-refractivity contribution in [1.29, 1.82) is 0 Å². The predicted molar refractivity (Wildman–Crippen MR) is 198 cm³/mol. The van der Waals surface area contributed by atoms with E-state index in [9.17, 15) is 22.8 Å². The molecule has 5 rings (SSSR count). The lowest BCUT2D eigenvalue weighted by Crippen LogP contribution is -2.70. The minimum Gasteiger partial charge on any atom is -0.546 e. The van der Waals surface area contributed by atoms with E-state index in [1.54, 1.807) is 49.4 Å². The Kier molecular flexibility index (Phi) is 11.7. The van der Waals surface area contributed by atoms with Gasteiger partial charge in [-0.2, -0.15) is 0 Å². The van der Waals surface area contributed by atoms with Crippen molar-refractivity contribution < 1.29 is 36.7 Å². The van der Waals surface area contributed by atoms with Crippen LogP contribution in [-0.4, -0.2) is 57.4 Å². The van der Waals surface area contributed by atoms with Gasteiger partial charge in [0.15, 0.2) is 18.4 Å². The van der Waals surface area contributed by atoms with Crippen LogP contribution in [0.4, 0.5) is 0 Å². The molecule has 0 radical (unpaired) electrons. The number of nitrogens with zero attached hydrogens (tertiary/aromatic N) is 1. The van der Waals surface area contributed by atoms with Gasteiger partial charge < -0.3 is 19.2 Å². The summed E-state index contributed by atoms with van der Waals surface area (Å²) < 4.78 is 45.6. The summed E-state index contributed by atoms with van der Waals surface area (Å²) in [7, 11) is -6.04. The first kappa shape index (κ1) is 37.4. The molecule has 1 aliphatic rings. The van der Waals surface area contributed by atoms with E-state index in [0.717, 1.165) is 10.5 Å². The molecular weight excluding hydrogens is 705 g/mol. The van der Waals surface area contributed by atoms with Gasteiger partial charge in [-0.25, -0.2) is 13.2 Å². The summed E-state index contributed by atoms with van der Waals surface area (Å²) in [6.45, 7) is 8.71. The molecule has 1 fully saturated rings. The number of carbonyl (C=O) groups is 3. The summed E-state index contributed by atoms with van der Waals surface area (Å²) in [6.07, 6.45) is -0.862. The number of para-hydroxylation sites is 1. The van der Waals surface area contributed by atoms with Gasteiger partial charge in [0.05, 0.1) is 4.90 Å². The van der Waals surface area contributed by atoms with E-state index in [4.69, 9.17) is 13.9 Å². The number of hydrogen-bond acceptors (Lipinski definition) is 9. The van der Waals surface area contributed by atoms with Gasteiger partial charge in [0, 0.05) is 10.8 Å². The summed E-state index contributed by atoms with van der Waals surface area (Å²) >= 11 is 0. The highest BCUT2D eigenvalue weighted by Gasteiger charge is 2.55. The monoisotopic (exact) mass is 744 g/mol. The molecule has 2 unspecified atom stereocenters. The van der Waals surface area contributed by atoms with Gasteiger partial charge in [0.2, 0.25) is 17.2 Å². The van der Waals surface area contributed by atoms with Crippen molar-refractivity contribution in [3.63, 3.8) is 0 Å². The lowest BCUT2D eigenvalue weighted by atomic mass is 10.0. The first-order chi connectivity index (χ1) is 24.2. The summed E-state index contributed by atoms with van der Waals surface area (Å²) in [5.74, 6) is -1.71. The van der Waals surface area contributed by atoms with E-state index in [0.29, 0.717) is 27.7 Å². The van der Waals surface area contributed by atoms with Crippen molar-refractivity contribution in [2.24, 2.45) is 0 Å². The highest BCUT2D eigenvalue weighted by molar-refractivity contribution is 8.72. The predicted octanol–water partition coefficient (Wildman–Crippen LogP) is 6.56. The molecule has 1 N–H and O–H groups in total. The van der Waals surface area contributed by atoms with Crippen LogP contribution in [0.15, 0.2) is 132 Å². The van der Waals surface area contributed by atoms with Gasteiger partial charge >= 0.3 is 5.97 Å². The van der Waals surface area contributed by atoms with Crippen LogP contribution in [0.25, 0.3) is 0 Å². The Hall–Kier alpha value is -4.85. The Morgan fingerprint density at radius 3 is 1.90 bits per heavy atom. The van der Waals surface area contributed by atoms with Crippen LogP contribution in [0, 0.1) is 6.92 Å². The van der Waals surface area contributed by atoms with Crippen LogP contribution in [0.5, 0.6) is 5.75 Å². The highest BCUT2D eigenvalue weighted by atomic mass is 33.1. The molecule has 2 amide bonds. The molecule has 266 valence electrons. The van der Waals surface area contributed by atoms with Gasteiger partial charge in [-0.1, -0.05) is 96.6 Å². The van der Waals surface area contributed by atoms with Crippen LogP contribution < -0.4 is 10.1 Å². The standard InChI is InChI=1S/C38H40N2O8S2Si/c1-26-21-23-31(24-22-26)50(44,45)49-37-33(39-32(41)25-46-30-19-13-8-14-20-30)36(42)40(37)34(27(2)48-51(3,4)5)38(43)47-35(28-15-9-6-10-16-28)29-17-11-7-12-18-29/h6-24,33,35,37H,25H2,1-5H3,(H,39,41)/b34-27+. The van der Waals surface area contributed by atoms with Crippen molar-refractivity contribution >= 4 is 45.8 Å². The van der Waals surface area contributed by atoms with Crippen LogP contribution in [0.3, 0.4) is 0 Å². The third-order valence-electron chi connectivity index (χ3n) is 7.66. The second kappa shape index (κ2) is 16.0. The number of allylic oxidation sites excluding steroid dienone is 1. The van der Waals surface area contributed by atoms with Gasteiger partial charge in [0.25, 0.3) is 11.8 Å². The Morgan fingerprint density at radius 1 is 0.843 bits per heavy atom. The second-order valence-corrected chi connectivity index (χ2v) is 21.2. The quantitative estimate of drug-likeness (QED) is 0.0381. The topological polar surface area (TPSA) is 128 Å². The van der Waals surface area contributed by atoms with Crippen LogP contribution >= 0.6 is 10.8 Å². The number of nitrogens with one attached hydrogen (secondary N) is 1. The Balaban J connectivity index is 1.52. The second-order valence-electron chi connectivity index (χ2n) is 12.8. The molecule has 0 aliphatic carbocycles. The summed E-state index contributed by atoms with van der Waals surface area (Å²) in [5, 5.41) is 1.36. The smallest absolute Gasteiger partial charge is 0.359 e. The highest BCUT2D eigenvalue weighted by Crippen LogP contribution is 2.41. The number of aryl methyl sites for hydroxylation is 1. The number of carbonyl (C=O) groups excluding carboxylic acids is 3. The fraction of sp³-hybridized carbons (Fsp3) is 0.237. The van der Waals surface area contributed by atoms with E-state index in [2.05, 4.69) is 5.32 Å². The molecule has 0 saturated carbocycles. The van der Waals surface area contributed by atoms with Crippen LogP contribution in [-0.2, 0) is 32.4 Å². The average Bonchev–Trinajstić information content (AvgIpc) is 3.10. The van der Waals surface area contributed by atoms with E-state index in [1.165, 1.54) is 12.1 Å². The number of esters is 1. The molecule has 13 heteroatoms. The maximum atomic E-state index is 14.4. The zero-order valence-corrected chi connectivity index (χ0v) is 31.6. The zero-order valence-electron chi connectivity index (χ0n) is 28.9. The number of likely N-dealkylation sites (tertiary alicyclic amines) is 1. The molecule has 0 bridgehead atoms. The minimum atomic E-state index is -4.11. The summed E-state index contributed by atoms with van der Waals surface area (Å²) in [4.78, 5) is 42.6. The molecule has 2 atom stereocenters. The SMILES string of the molecule is C/C(O[Si](C)(C)C)=C(/C(=O)OC(c1ccccc1)c1ccccc1)N1C(=O)C(NC(=O)COc2ccccc2)C1SS(=O)(=O)c1ccc(C)cc1. The Morgan fingerprint density at radius 2 is 1.37 bits per heavy atom. The molecule has 1 saturated heterocycles. The molecule has 4 aromatic carbocycles. The largest absolute Gasteiger partial charge is 0.546 e. The average molecular weight is 745 g/mol. The lowest BCUT2D eigenvalue weighted by molar-refractivity contribution is -0.155. The van der Waals surface area contributed by atoms with Crippen molar-refractivity contribution in [3.8, 4) is 5.75 Å². The molecule has 10 nitrogen and oxygen atoms in total. The van der Waals surface area contributed by atoms with E-state index < -0.39 is 59.1 Å². The van der Waals surface area contributed by atoms with E-state index in [-0.39, 0.29) is 16.4 Å². The number of ether oxygens (including phenoxy) is 2. The molecule has 1 heterocycles. The molecular formula is C38H40N2O8S2Si. The fourth-order valence-electron chi connectivity index (χ4n) is 5.37. The summed E-state index contributed by atoms with van der Waals surface area (Å²) in [6, 6.07) is 31.9. The van der Waals surface area contributed by atoms with E-state index >= 15 is 0 Å². The maximum Gasteiger partial charge on any atom is 0.359 e. The number of amides is 2. The molecule has 1 aliphatic heterocycles. The van der Waals surface area contributed by atoms with Gasteiger partial charge in [-0.15, -0.1) is 0 Å². The maximum absolute atomic E-state index is 14.4. The van der Waals surface area contributed by atoms with Crippen molar-refractivity contribution in [1.82, 2.24) is 10.2 Å². The molecule has 0 spiro atoms. The first-order valence-electron chi connectivity index (χ1n) is 16.2. The zero-order chi connectivity index (χ0) is 36.8. The number of hydrogen-bond donors (Lipinski definition) is 1. The summed E-state index contributed by atoms with van der Waals surface area (Å²) in [5.41, 5.74) is 1.99. The normalized spacial score (nSPS) is 16.5. The Labute approximate surface area is 303 Å². The van der Waals surface area contributed by atoms with Crippen molar-refractivity contribution in [2.75, 3.05) is 6.61 Å². The van der Waals surface area contributed by atoms with Crippen molar-refractivity contribution in [3.05, 3.63) is 143 Å². The molecule has 51 heavy (non-hydrogen) atoms. The van der Waals surface area contributed by atoms with Gasteiger partial charge in [0.1, 0.15) is 22.9 Å². The van der Waals surface area contributed by atoms with Gasteiger partial charge in [-0.05, 0) is 68.9 Å².